The van der Waals surface area contributed by atoms with Crippen molar-refractivity contribution in [3.63, 3.8) is 0 Å². The van der Waals surface area contributed by atoms with E-state index in [0.717, 1.165) is 18.5 Å². The molecule has 1 aromatic carbocycles. The summed E-state index contributed by atoms with van der Waals surface area (Å²) >= 11 is 1.68. The van der Waals surface area contributed by atoms with Gasteiger partial charge in [-0.3, -0.25) is 10.1 Å². The first-order valence-corrected chi connectivity index (χ1v) is 7.10. The van der Waals surface area contributed by atoms with E-state index < -0.39 is 0 Å². The normalized spacial score (nSPS) is 12.3. The highest BCUT2D eigenvalue weighted by Gasteiger charge is 2.17. The van der Waals surface area contributed by atoms with E-state index in [1.54, 1.807) is 29.5 Å². The fourth-order valence-corrected chi connectivity index (χ4v) is 2.70. The topological polar surface area (TPSA) is 55.2 Å². The summed E-state index contributed by atoms with van der Waals surface area (Å²) in [6.07, 6.45) is 0.939. The molecule has 1 heterocycles. The molecule has 0 bridgehead atoms. The first-order valence-electron chi connectivity index (χ1n) is 6.16. The van der Waals surface area contributed by atoms with Gasteiger partial charge in [0.15, 0.2) is 0 Å². The van der Waals surface area contributed by atoms with Crippen LogP contribution in [0.1, 0.15) is 24.1 Å². The minimum absolute atomic E-state index is 0.0276. The van der Waals surface area contributed by atoms with Crippen LogP contribution in [0.4, 0.5) is 5.69 Å². The standard InChI is InChI=1S/C14H16N2O2S/c1-11(15-8-6-12-7-9-19-10-12)13-4-2-3-5-14(13)16(17)18/h2-5,7,9-11,15H,6,8H2,1H3. The van der Waals surface area contributed by atoms with Gasteiger partial charge in [0.05, 0.1) is 4.92 Å². The van der Waals surface area contributed by atoms with Gasteiger partial charge < -0.3 is 5.32 Å². The Morgan fingerprint density at radius 1 is 1.37 bits per heavy atom. The van der Waals surface area contributed by atoms with Crippen LogP contribution in [0.5, 0.6) is 0 Å². The molecular formula is C14H16N2O2S. The zero-order valence-corrected chi connectivity index (χ0v) is 11.5. The van der Waals surface area contributed by atoms with Gasteiger partial charge in [-0.1, -0.05) is 18.2 Å². The molecule has 0 aliphatic rings. The summed E-state index contributed by atoms with van der Waals surface area (Å²) in [7, 11) is 0. The van der Waals surface area contributed by atoms with Gasteiger partial charge in [-0.25, -0.2) is 0 Å². The highest BCUT2D eigenvalue weighted by Crippen LogP contribution is 2.24. The Morgan fingerprint density at radius 2 is 2.16 bits per heavy atom. The molecule has 19 heavy (non-hydrogen) atoms. The molecule has 1 aromatic heterocycles. The van der Waals surface area contributed by atoms with E-state index in [0.29, 0.717) is 0 Å². The van der Waals surface area contributed by atoms with Crippen LogP contribution < -0.4 is 5.32 Å². The number of nitrogens with zero attached hydrogens (tertiary/aromatic N) is 1. The van der Waals surface area contributed by atoms with Crippen LogP contribution in [0, 0.1) is 10.1 Å². The molecular weight excluding hydrogens is 260 g/mol. The van der Waals surface area contributed by atoms with E-state index in [1.165, 1.54) is 5.56 Å². The summed E-state index contributed by atoms with van der Waals surface area (Å²) in [5.41, 5.74) is 2.21. The number of nitro benzene ring substituents is 1. The van der Waals surface area contributed by atoms with Crippen molar-refractivity contribution in [3.8, 4) is 0 Å². The van der Waals surface area contributed by atoms with Crippen molar-refractivity contribution in [1.29, 1.82) is 0 Å². The summed E-state index contributed by atoms with van der Waals surface area (Å²) in [5.74, 6) is 0. The fourth-order valence-electron chi connectivity index (χ4n) is 2.00. The Balaban J connectivity index is 1.96. The van der Waals surface area contributed by atoms with Gasteiger partial charge in [0, 0.05) is 17.7 Å². The molecule has 0 spiro atoms. The maximum absolute atomic E-state index is 11.0. The molecule has 1 atom stereocenters. The van der Waals surface area contributed by atoms with Crippen molar-refractivity contribution in [1.82, 2.24) is 5.32 Å². The molecule has 1 N–H and O–H groups in total. The van der Waals surface area contributed by atoms with Crippen LogP contribution >= 0.6 is 11.3 Å². The van der Waals surface area contributed by atoms with Gasteiger partial charge in [-0.15, -0.1) is 0 Å². The van der Waals surface area contributed by atoms with Gasteiger partial charge in [0.1, 0.15) is 0 Å². The lowest BCUT2D eigenvalue weighted by Gasteiger charge is -2.14. The van der Waals surface area contributed by atoms with Gasteiger partial charge >= 0.3 is 0 Å². The van der Waals surface area contributed by atoms with Gasteiger partial charge in [-0.05, 0) is 42.3 Å². The Hall–Kier alpha value is -1.72. The SMILES string of the molecule is CC(NCCc1ccsc1)c1ccccc1[N+](=O)[O-]. The van der Waals surface area contributed by atoms with E-state index in [-0.39, 0.29) is 16.7 Å². The average Bonchev–Trinajstić information content (AvgIpc) is 2.91. The summed E-state index contributed by atoms with van der Waals surface area (Å²) in [6.45, 7) is 2.76. The van der Waals surface area contributed by atoms with Gasteiger partial charge in [-0.2, -0.15) is 11.3 Å². The summed E-state index contributed by atoms with van der Waals surface area (Å²) in [4.78, 5) is 10.6. The second-order valence-electron chi connectivity index (χ2n) is 4.37. The highest BCUT2D eigenvalue weighted by atomic mass is 32.1. The van der Waals surface area contributed by atoms with E-state index >= 15 is 0 Å². The summed E-state index contributed by atoms with van der Waals surface area (Å²) < 4.78 is 0. The molecule has 4 nitrogen and oxygen atoms in total. The van der Waals surface area contributed by atoms with E-state index in [9.17, 15) is 10.1 Å². The van der Waals surface area contributed by atoms with Crippen LogP contribution in [-0.2, 0) is 6.42 Å². The number of hydrogen-bond donors (Lipinski definition) is 1. The molecule has 0 fully saturated rings. The molecule has 0 aliphatic heterocycles. The first-order chi connectivity index (χ1) is 9.18. The van der Waals surface area contributed by atoms with Crippen LogP contribution in [-0.4, -0.2) is 11.5 Å². The second-order valence-corrected chi connectivity index (χ2v) is 5.15. The van der Waals surface area contributed by atoms with Gasteiger partial charge in [0.25, 0.3) is 5.69 Å². The Kier molecular flexibility index (Phi) is 4.65. The van der Waals surface area contributed by atoms with Crippen molar-refractivity contribution in [3.05, 3.63) is 62.3 Å². The van der Waals surface area contributed by atoms with E-state index in [4.69, 9.17) is 0 Å². The van der Waals surface area contributed by atoms with Crippen molar-refractivity contribution < 1.29 is 4.92 Å². The van der Waals surface area contributed by atoms with Gasteiger partial charge in [0.2, 0.25) is 0 Å². The fraction of sp³-hybridized carbons (Fsp3) is 0.286. The summed E-state index contributed by atoms with van der Waals surface area (Å²) in [6, 6.07) is 8.95. The average molecular weight is 276 g/mol. The summed E-state index contributed by atoms with van der Waals surface area (Å²) in [5, 5.41) is 18.5. The minimum Gasteiger partial charge on any atom is -0.310 e. The third-order valence-corrected chi connectivity index (χ3v) is 3.78. The molecule has 2 rings (SSSR count). The van der Waals surface area contributed by atoms with Crippen LogP contribution in [0.2, 0.25) is 0 Å². The number of benzene rings is 1. The van der Waals surface area contributed by atoms with Crippen molar-refractivity contribution in [2.75, 3.05) is 6.54 Å². The van der Waals surface area contributed by atoms with Crippen LogP contribution in [0.3, 0.4) is 0 Å². The Labute approximate surface area is 116 Å². The quantitative estimate of drug-likeness (QED) is 0.648. The predicted molar refractivity (Wildman–Crippen MR) is 77.5 cm³/mol. The molecule has 0 saturated heterocycles. The number of hydrogen-bond acceptors (Lipinski definition) is 4. The number of rotatable bonds is 6. The monoisotopic (exact) mass is 276 g/mol. The van der Waals surface area contributed by atoms with E-state index in [1.807, 2.05) is 13.0 Å². The zero-order valence-electron chi connectivity index (χ0n) is 10.7. The lowest BCUT2D eigenvalue weighted by atomic mass is 10.1. The first kappa shape index (κ1) is 13.7. The molecule has 0 aliphatic carbocycles. The molecule has 5 heteroatoms. The maximum atomic E-state index is 11.0. The van der Waals surface area contributed by atoms with Crippen molar-refractivity contribution in [2.45, 2.75) is 19.4 Å². The van der Waals surface area contributed by atoms with Crippen LogP contribution in [0.15, 0.2) is 41.1 Å². The number of thiophene rings is 1. The largest absolute Gasteiger partial charge is 0.310 e. The Morgan fingerprint density at radius 3 is 2.84 bits per heavy atom. The molecule has 2 aromatic rings. The third kappa shape index (κ3) is 3.62. The zero-order chi connectivity index (χ0) is 13.7. The van der Waals surface area contributed by atoms with Crippen LogP contribution in [0.25, 0.3) is 0 Å². The second kappa shape index (κ2) is 6.45. The smallest absolute Gasteiger partial charge is 0.274 e. The Bertz CT molecular complexity index is 540. The lowest BCUT2D eigenvalue weighted by Crippen LogP contribution is -2.22. The van der Waals surface area contributed by atoms with Crippen molar-refractivity contribution >= 4 is 17.0 Å². The maximum Gasteiger partial charge on any atom is 0.274 e. The molecule has 100 valence electrons. The lowest BCUT2D eigenvalue weighted by molar-refractivity contribution is -0.385. The number of para-hydroxylation sites is 1. The molecule has 0 saturated carbocycles. The molecule has 0 amide bonds. The number of nitro groups is 1. The minimum atomic E-state index is -0.327. The van der Waals surface area contributed by atoms with Crippen molar-refractivity contribution in [2.24, 2.45) is 0 Å². The van der Waals surface area contributed by atoms with E-state index in [2.05, 4.69) is 22.1 Å². The number of nitrogens with one attached hydrogen (secondary N) is 1. The predicted octanol–water partition coefficient (Wildman–Crippen LogP) is 3.55. The highest BCUT2D eigenvalue weighted by molar-refractivity contribution is 7.07. The third-order valence-electron chi connectivity index (χ3n) is 3.04. The molecule has 0 radical (unpaired) electrons. The molecule has 1 unspecified atom stereocenters.